The van der Waals surface area contributed by atoms with Gasteiger partial charge < -0.3 is 10.2 Å². The van der Waals surface area contributed by atoms with E-state index in [0.29, 0.717) is 6.42 Å². The lowest BCUT2D eigenvalue weighted by molar-refractivity contribution is -0.905. The van der Waals surface area contributed by atoms with Crippen LogP contribution < -0.4 is 10.2 Å². The first-order valence-corrected chi connectivity index (χ1v) is 7.74. The maximum absolute atomic E-state index is 12.0. The van der Waals surface area contributed by atoms with E-state index in [1.807, 2.05) is 12.1 Å². The normalized spacial score (nSPS) is 22.6. The van der Waals surface area contributed by atoms with Crippen molar-refractivity contribution in [3.63, 3.8) is 0 Å². The van der Waals surface area contributed by atoms with Gasteiger partial charge in [0.2, 0.25) is 5.91 Å². The van der Waals surface area contributed by atoms with Crippen molar-refractivity contribution < 1.29 is 9.69 Å². The molecule has 1 aromatic rings. The number of carbonyl (C=O) groups excluding carboxylic acids is 1. The molecule has 1 fully saturated rings. The molecule has 0 unspecified atom stereocenters. The summed E-state index contributed by atoms with van der Waals surface area (Å²) in [5.41, 5.74) is 3.31. The van der Waals surface area contributed by atoms with E-state index in [2.05, 4.69) is 32.2 Å². The summed E-state index contributed by atoms with van der Waals surface area (Å²) in [4.78, 5) is 13.6. The van der Waals surface area contributed by atoms with Crippen molar-refractivity contribution in [2.24, 2.45) is 5.92 Å². The van der Waals surface area contributed by atoms with Crippen molar-refractivity contribution in [1.82, 2.24) is 0 Å². The highest BCUT2D eigenvalue weighted by Crippen LogP contribution is 2.13. The first kappa shape index (κ1) is 15.0. The number of quaternary nitrogens is 1. The molecule has 20 heavy (non-hydrogen) atoms. The molecular weight excluding hydrogens is 248 g/mol. The molecule has 0 aromatic heterocycles. The van der Waals surface area contributed by atoms with Crippen LogP contribution in [0, 0.1) is 19.8 Å². The van der Waals surface area contributed by atoms with Crippen molar-refractivity contribution in [2.45, 2.75) is 40.0 Å². The summed E-state index contributed by atoms with van der Waals surface area (Å²) in [5, 5.41) is 3.02. The van der Waals surface area contributed by atoms with Gasteiger partial charge in [0, 0.05) is 5.69 Å². The van der Waals surface area contributed by atoms with Crippen LogP contribution in [0.25, 0.3) is 0 Å². The number of likely N-dealkylation sites (tertiary alicyclic amines) is 1. The average molecular weight is 275 g/mol. The van der Waals surface area contributed by atoms with Gasteiger partial charge in [0.15, 0.2) is 0 Å². The topological polar surface area (TPSA) is 33.5 Å². The van der Waals surface area contributed by atoms with E-state index in [4.69, 9.17) is 0 Å². The summed E-state index contributed by atoms with van der Waals surface area (Å²) in [7, 11) is 0. The Bertz CT molecular complexity index is 442. The van der Waals surface area contributed by atoms with Gasteiger partial charge in [-0.3, -0.25) is 4.79 Å². The number of carbonyl (C=O) groups is 1. The Labute approximate surface area is 122 Å². The SMILES string of the molecule is Cc1cc(C)cc(NC(=O)CC[NH+]2CCC(C)CC2)c1. The van der Waals surface area contributed by atoms with Crippen LogP contribution in [0.15, 0.2) is 18.2 Å². The van der Waals surface area contributed by atoms with Gasteiger partial charge in [-0.05, 0) is 55.9 Å². The van der Waals surface area contributed by atoms with Crippen molar-refractivity contribution >= 4 is 11.6 Å². The van der Waals surface area contributed by atoms with Crippen LogP contribution in [0.5, 0.6) is 0 Å². The van der Waals surface area contributed by atoms with E-state index >= 15 is 0 Å². The summed E-state index contributed by atoms with van der Waals surface area (Å²) in [5.74, 6) is 1.00. The molecule has 0 bridgehead atoms. The monoisotopic (exact) mass is 275 g/mol. The van der Waals surface area contributed by atoms with Crippen LogP contribution in [-0.2, 0) is 4.79 Å². The van der Waals surface area contributed by atoms with Gasteiger partial charge in [-0.25, -0.2) is 0 Å². The first-order chi connectivity index (χ1) is 9.52. The summed E-state index contributed by atoms with van der Waals surface area (Å²) in [6.07, 6.45) is 3.22. The number of rotatable bonds is 4. The van der Waals surface area contributed by atoms with E-state index in [1.54, 1.807) is 4.90 Å². The van der Waals surface area contributed by atoms with Crippen molar-refractivity contribution in [2.75, 3.05) is 25.0 Å². The molecule has 3 heteroatoms. The third-order valence-corrected chi connectivity index (χ3v) is 4.19. The number of nitrogens with one attached hydrogen (secondary N) is 2. The number of amides is 1. The van der Waals surface area contributed by atoms with Gasteiger partial charge in [-0.2, -0.15) is 0 Å². The number of hydrogen-bond donors (Lipinski definition) is 2. The molecule has 110 valence electrons. The number of aryl methyl sites for hydroxylation is 2. The molecule has 1 amide bonds. The predicted octanol–water partition coefficient (Wildman–Crippen LogP) is 1.95. The van der Waals surface area contributed by atoms with Crippen LogP contribution in [0.4, 0.5) is 5.69 Å². The Balaban J connectivity index is 1.77. The molecular formula is C17H27N2O+. The Morgan fingerprint density at radius 2 is 1.80 bits per heavy atom. The van der Waals surface area contributed by atoms with Gasteiger partial charge in [-0.15, -0.1) is 0 Å². The zero-order chi connectivity index (χ0) is 14.5. The van der Waals surface area contributed by atoms with E-state index in [1.165, 1.54) is 37.1 Å². The number of hydrogen-bond acceptors (Lipinski definition) is 1. The van der Waals surface area contributed by atoms with E-state index < -0.39 is 0 Å². The molecule has 1 heterocycles. The minimum atomic E-state index is 0.140. The van der Waals surface area contributed by atoms with Crippen LogP contribution in [0.1, 0.15) is 37.3 Å². The summed E-state index contributed by atoms with van der Waals surface area (Å²) in [6.45, 7) is 9.84. The third-order valence-electron chi connectivity index (χ3n) is 4.19. The summed E-state index contributed by atoms with van der Waals surface area (Å²) in [6, 6.07) is 6.18. The molecule has 3 nitrogen and oxygen atoms in total. The zero-order valence-corrected chi connectivity index (χ0v) is 13.0. The van der Waals surface area contributed by atoms with Crippen molar-refractivity contribution in [1.29, 1.82) is 0 Å². The van der Waals surface area contributed by atoms with Crippen molar-refractivity contribution in [3.8, 4) is 0 Å². The Hall–Kier alpha value is -1.35. The van der Waals surface area contributed by atoms with Gasteiger partial charge in [0.05, 0.1) is 26.1 Å². The highest BCUT2D eigenvalue weighted by Gasteiger charge is 2.19. The molecule has 1 aromatic carbocycles. The van der Waals surface area contributed by atoms with Crippen LogP contribution in [0.3, 0.4) is 0 Å². The Kier molecular flexibility index (Phi) is 5.18. The minimum absolute atomic E-state index is 0.140. The van der Waals surface area contributed by atoms with Crippen LogP contribution >= 0.6 is 0 Å². The molecule has 2 rings (SSSR count). The first-order valence-electron chi connectivity index (χ1n) is 7.74. The van der Waals surface area contributed by atoms with E-state index in [0.717, 1.165) is 18.2 Å². The predicted molar refractivity (Wildman–Crippen MR) is 83.1 cm³/mol. The van der Waals surface area contributed by atoms with Crippen molar-refractivity contribution in [3.05, 3.63) is 29.3 Å². The number of piperidine rings is 1. The van der Waals surface area contributed by atoms with E-state index in [-0.39, 0.29) is 5.91 Å². The largest absolute Gasteiger partial charge is 0.334 e. The smallest absolute Gasteiger partial charge is 0.230 e. The Morgan fingerprint density at radius 3 is 2.40 bits per heavy atom. The Morgan fingerprint density at radius 1 is 1.20 bits per heavy atom. The van der Waals surface area contributed by atoms with Gasteiger partial charge >= 0.3 is 0 Å². The maximum Gasteiger partial charge on any atom is 0.230 e. The minimum Gasteiger partial charge on any atom is -0.334 e. The molecule has 2 N–H and O–H groups in total. The molecule has 0 atom stereocenters. The highest BCUT2D eigenvalue weighted by molar-refractivity contribution is 5.90. The summed E-state index contributed by atoms with van der Waals surface area (Å²) >= 11 is 0. The lowest BCUT2D eigenvalue weighted by Crippen LogP contribution is -3.13. The molecule has 1 saturated heterocycles. The number of anilines is 1. The quantitative estimate of drug-likeness (QED) is 0.865. The molecule has 0 saturated carbocycles. The van der Waals surface area contributed by atoms with E-state index in [9.17, 15) is 4.79 Å². The fourth-order valence-corrected chi connectivity index (χ4v) is 2.98. The molecule has 1 aliphatic rings. The lowest BCUT2D eigenvalue weighted by atomic mass is 9.99. The van der Waals surface area contributed by atoms with Gasteiger partial charge in [0.1, 0.15) is 0 Å². The standard InChI is InChI=1S/C17H26N2O/c1-13-4-7-19(8-5-13)9-6-17(20)18-16-11-14(2)10-15(3)12-16/h10-13H,4-9H2,1-3H3,(H,18,20)/p+1. The fraction of sp³-hybridized carbons (Fsp3) is 0.588. The highest BCUT2D eigenvalue weighted by atomic mass is 16.1. The zero-order valence-electron chi connectivity index (χ0n) is 13.0. The number of benzene rings is 1. The maximum atomic E-state index is 12.0. The van der Waals surface area contributed by atoms with Gasteiger partial charge in [-0.1, -0.05) is 13.0 Å². The lowest BCUT2D eigenvalue weighted by Gasteiger charge is -2.27. The molecule has 1 aliphatic heterocycles. The second kappa shape index (κ2) is 6.89. The molecule has 0 radical (unpaired) electrons. The molecule has 0 spiro atoms. The van der Waals surface area contributed by atoms with Gasteiger partial charge in [0.25, 0.3) is 0 Å². The molecule has 0 aliphatic carbocycles. The second-order valence-electron chi connectivity index (χ2n) is 6.36. The van der Waals surface area contributed by atoms with Crippen LogP contribution in [-0.4, -0.2) is 25.5 Å². The average Bonchev–Trinajstić information content (AvgIpc) is 2.37. The summed E-state index contributed by atoms with van der Waals surface area (Å²) < 4.78 is 0. The van der Waals surface area contributed by atoms with Crippen LogP contribution in [0.2, 0.25) is 0 Å². The fourth-order valence-electron chi connectivity index (χ4n) is 2.98. The second-order valence-corrected chi connectivity index (χ2v) is 6.36. The third kappa shape index (κ3) is 4.64.